The third kappa shape index (κ3) is 3.60. The van der Waals surface area contributed by atoms with Gasteiger partial charge in [-0.05, 0) is 36.2 Å². The zero-order valence-electron chi connectivity index (χ0n) is 10.9. The standard InChI is InChI=1S/C16H15Cl2NO/c17-14-2-1-3-15(18)13(14)10-16(20)12-6-4-11(5-7-12)8-9-19/h1-7H,8-10,19H2. The van der Waals surface area contributed by atoms with Gasteiger partial charge in [0.05, 0.1) is 0 Å². The topological polar surface area (TPSA) is 43.1 Å². The first-order valence-corrected chi connectivity index (χ1v) is 7.12. The average molecular weight is 308 g/mol. The summed E-state index contributed by atoms with van der Waals surface area (Å²) >= 11 is 12.2. The molecular formula is C16H15Cl2NO. The molecule has 4 heteroatoms. The van der Waals surface area contributed by atoms with Crippen molar-refractivity contribution in [2.45, 2.75) is 12.8 Å². The highest BCUT2D eigenvalue weighted by atomic mass is 35.5. The zero-order valence-corrected chi connectivity index (χ0v) is 12.4. The summed E-state index contributed by atoms with van der Waals surface area (Å²) in [5.74, 6) is -0.000650. The van der Waals surface area contributed by atoms with Crippen molar-refractivity contribution in [2.75, 3.05) is 6.54 Å². The molecule has 0 heterocycles. The summed E-state index contributed by atoms with van der Waals surface area (Å²) in [4.78, 5) is 12.2. The summed E-state index contributed by atoms with van der Waals surface area (Å²) in [7, 11) is 0. The summed E-state index contributed by atoms with van der Waals surface area (Å²) in [6, 6.07) is 12.7. The number of hydrogen-bond acceptors (Lipinski definition) is 2. The largest absolute Gasteiger partial charge is 0.330 e. The van der Waals surface area contributed by atoms with E-state index in [0.29, 0.717) is 27.7 Å². The van der Waals surface area contributed by atoms with E-state index < -0.39 is 0 Å². The van der Waals surface area contributed by atoms with Gasteiger partial charge >= 0.3 is 0 Å². The molecule has 0 radical (unpaired) electrons. The second kappa shape index (κ2) is 6.89. The second-order valence-corrected chi connectivity index (χ2v) is 5.35. The van der Waals surface area contributed by atoms with Gasteiger partial charge in [0.2, 0.25) is 0 Å². The maximum absolute atomic E-state index is 12.2. The molecule has 0 spiro atoms. The van der Waals surface area contributed by atoms with Crippen LogP contribution in [0, 0.1) is 0 Å². The lowest BCUT2D eigenvalue weighted by molar-refractivity contribution is 0.0993. The Morgan fingerprint density at radius 1 is 1.00 bits per heavy atom. The second-order valence-electron chi connectivity index (χ2n) is 4.54. The fourth-order valence-corrected chi connectivity index (χ4v) is 2.52. The first kappa shape index (κ1) is 15.0. The van der Waals surface area contributed by atoms with Crippen LogP contribution in [0.15, 0.2) is 42.5 Å². The molecule has 2 aromatic rings. The normalized spacial score (nSPS) is 10.6. The molecule has 2 nitrogen and oxygen atoms in total. The molecule has 104 valence electrons. The van der Waals surface area contributed by atoms with E-state index in [2.05, 4.69) is 0 Å². The highest BCUT2D eigenvalue weighted by Crippen LogP contribution is 2.25. The molecule has 0 aliphatic carbocycles. The smallest absolute Gasteiger partial charge is 0.167 e. The molecule has 0 aromatic heterocycles. The molecule has 20 heavy (non-hydrogen) atoms. The molecule has 0 amide bonds. The molecule has 0 saturated heterocycles. The van der Waals surface area contributed by atoms with Crippen molar-refractivity contribution >= 4 is 29.0 Å². The van der Waals surface area contributed by atoms with Crippen molar-refractivity contribution in [1.29, 1.82) is 0 Å². The summed E-state index contributed by atoms with van der Waals surface area (Å²) in [5.41, 5.74) is 7.95. The van der Waals surface area contributed by atoms with Crippen LogP contribution in [0.5, 0.6) is 0 Å². The highest BCUT2D eigenvalue weighted by molar-refractivity contribution is 6.36. The predicted octanol–water partition coefficient (Wildman–Crippen LogP) is 3.92. The highest BCUT2D eigenvalue weighted by Gasteiger charge is 2.12. The van der Waals surface area contributed by atoms with E-state index in [4.69, 9.17) is 28.9 Å². The fourth-order valence-electron chi connectivity index (χ4n) is 1.99. The van der Waals surface area contributed by atoms with Gasteiger partial charge in [0, 0.05) is 22.0 Å². The Bertz CT molecular complexity index is 588. The lowest BCUT2D eigenvalue weighted by Crippen LogP contribution is -2.06. The number of hydrogen-bond donors (Lipinski definition) is 1. The van der Waals surface area contributed by atoms with E-state index >= 15 is 0 Å². The summed E-state index contributed by atoms with van der Waals surface area (Å²) < 4.78 is 0. The molecule has 0 saturated carbocycles. The summed E-state index contributed by atoms with van der Waals surface area (Å²) in [5, 5.41) is 1.04. The van der Waals surface area contributed by atoms with Crippen molar-refractivity contribution in [2.24, 2.45) is 5.73 Å². The molecule has 0 bridgehead atoms. The average Bonchev–Trinajstić information content (AvgIpc) is 2.44. The summed E-state index contributed by atoms with van der Waals surface area (Å²) in [6.07, 6.45) is 1.01. The third-order valence-electron chi connectivity index (χ3n) is 3.11. The number of carbonyl (C=O) groups excluding carboxylic acids is 1. The molecule has 0 atom stereocenters. The van der Waals surface area contributed by atoms with Gasteiger partial charge in [-0.25, -0.2) is 0 Å². The first-order chi connectivity index (χ1) is 9.61. The van der Waals surface area contributed by atoms with Gasteiger partial charge in [-0.2, -0.15) is 0 Å². The Balaban J connectivity index is 2.16. The SMILES string of the molecule is NCCc1ccc(C(=O)Cc2c(Cl)cccc2Cl)cc1. The Labute approximate surface area is 128 Å². The van der Waals surface area contributed by atoms with E-state index in [1.807, 2.05) is 24.3 Å². The lowest BCUT2D eigenvalue weighted by atomic mass is 10.0. The van der Waals surface area contributed by atoms with Gasteiger partial charge < -0.3 is 5.73 Å². The van der Waals surface area contributed by atoms with Crippen molar-refractivity contribution in [1.82, 2.24) is 0 Å². The van der Waals surface area contributed by atoms with E-state index in [1.165, 1.54) is 0 Å². The van der Waals surface area contributed by atoms with Crippen LogP contribution < -0.4 is 5.73 Å². The Morgan fingerprint density at radius 3 is 2.15 bits per heavy atom. The molecule has 2 N–H and O–H groups in total. The van der Waals surface area contributed by atoms with Gasteiger partial charge in [-0.15, -0.1) is 0 Å². The van der Waals surface area contributed by atoms with Crippen LogP contribution in [0.2, 0.25) is 10.0 Å². The van der Waals surface area contributed by atoms with Gasteiger partial charge in [-0.1, -0.05) is 53.5 Å². The number of halogens is 2. The fraction of sp³-hybridized carbons (Fsp3) is 0.188. The number of nitrogens with two attached hydrogens (primary N) is 1. The zero-order chi connectivity index (χ0) is 14.5. The van der Waals surface area contributed by atoms with Gasteiger partial charge in [0.15, 0.2) is 5.78 Å². The summed E-state index contributed by atoms with van der Waals surface area (Å²) in [6.45, 7) is 0.600. The molecule has 0 fully saturated rings. The quantitative estimate of drug-likeness (QED) is 0.851. The van der Waals surface area contributed by atoms with Crippen molar-refractivity contribution < 1.29 is 4.79 Å². The maximum Gasteiger partial charge on any atom is 0.167 e. The minimum Gasteiger partial charge on any atom is -0.330 e. The monoisotopic (exact) mass is 307 g/mol. The first-order valence-electron chi connectivity index (χ1n) is 6.37. The van der Waals surface area contributed by atoms with Crippen molar-refractivity contribution in [3.05, 3.63) is 69.2 Å². The van der Waals surface area contributed by atoms with Gasteiger partial charge in [0.25, 0.3) is 0 Å². The van der Waals surface area contributed by atoms with E-state index in [1.54, 1.807) is 18.2 Å². The van der Waals surface area contributed by atoms with Crippen LogP contribution in [-0.2, 0) is 12.8 Å². The van der Waals surface area contributed by atoms with Crippen LogP contribution >= 0.6 is 23.2 Å². The lowest BCUT2D eigenvalue weighted by Gasteiger charge is -2.07. The predicted molar refractivity (Wildman–Crippen MR) is 83.7 cm³/mol. The van der Waals surface area contributed by atoms with Crippen molar-refractivity contribution in [3.63, 3.8) is 0 Å². The van der Waals surface area contributed by atoms with Crippen LogP contribution in [0.1, 0.15) is 21.5 Å². The maximum atomic E-state index is 12.2. The molecule has 0 aliphatic heterocycles. The van der Waals surface area contributed by atoms with E-state index in [9.17, 15) is 4.79 Å². The number of benzene rings is 2. The van der Waals surface area contributed by atoms with Crippen LogP contribution in [0.4, 0.5) is 0 Å². The van der Waals surface area contributed by atoms with E-state index in [-0.39, 0.29) is 12.2 Å². The minimum absolute atomic E-state index is 0.000650. The number of rotatable bonds is 5. The number of ketones is 1. The Morgan fingerprint density at radius 2 is 1.60 bits per heavy atom. The van der Waals surface area contributed by atoms with Gasteiger partial charge in [-0.3, -0.25) is 4.79 Å². The molecule has 2 rings (SSSR count). The van der Waals surface area contributed by atoms with Crippen LogP contribution in [0.3, 0.4) is 0 Å². The van der Waals surface area contributed by atoms with Crippen molar-refractivity contribution in [3.8, 4) is 0 Å². The Hall–Kier alpha value is -1.35. The third-order valence-corrected chi connectivity index (χ3v) is 3.82. The minimum atomic E-state index is -0.000650. The van der Waals surface area contributed by atoms with E-state index in [0.717, 1.165) is 12.0 Å². The number of Topliss-reactive ketones (excluding diaryl/α,β-unsaturated/α-hetero) is 1. The Kier molecular flexibility index (Phi) is 5.18. The molecular weight excluding hydrogens is 293 g/mol. The van der Waals surface area contributed by atoms with Crippen LogP contribution in [-0.4, -0.2) is 12.3 Å². The molecule has 0 aliphatic rings. The molecule has 0 unspecified atom stereocenters. The van der Waals surface area contributed by atoms with Crippen LogP contribution in [0.25, 0.3) is 0 Å². The number of carbonyl (C=O) groups is 1. The molecule has 2 aromatic carbocycles. The van der Waals surface area contributed by atoms with Gasteiger partial charge in [0.1, 0.15) is 0 Å².